The standard InChI is InChI=1S/C18H16N2O2/c1-11-4-3-5-14(8-11)18(22)20-16-10-15(19)7-6-13(16)9-12(2)17(20)21/h3-10H,19H2,1-2H3. The predicted molar refractivity (Wildman–Crippen MR) is 88.3 cm³/mol. The first kappa shape index (κ1) is 14.1. The Balaban J connectivity index is 2.34. The summed E-state index contributed by atoms with van der Waals surface area (Å²) in [4.78, 5) is 25.3. The Kier molecular flexibility index (Phi) is 3.29. The Hall–Kier alpha value is -2.88. The fourth-order valence-corrected chi connectivity index (χ4v) is 2.57. The van der Waals surface area contributed by atoms with Crippen molar-refractivity contribution in [1.82, 2.24) is 4.57 Å². The second kappa shape index (κ2) is 5.15. The molecule has 0 radical (unpaired) electrons. The number of anilines is 1. The van der Waals surface area contributed by atoms with Gasteiger partial charge in [0.1, 0.15) is 0 Å². The van der Waals surface area contributed by atoms with Crippen LogP contribution in [-0.2, 0) is 0 Å². The van der Waals surface area contributed by atoms with Gasteiger partial charge in [-0.05, 0) is 49.6 Å². The predicted octanol–water partition coefficient (Wildman–Crippen LogP) is 2.89. The fraction of sp³-hybridized carbons (Fsp3) is 0.111. The van der Waals surface area contributed by atoms with Gasteiger partial charge in [-0.2, -0.15) is 0 Å². The molecule has 0 spiro atoms. The highest BCUT2D eigenvalue weighted by Crippen LogP contribution is 2.18. The van der Waals surface area contributed by atoms with Gasteiger partial charge in [0.05, 0.1) is 5.52 Å². The Labute approximate surface area is 127 Å². The first-order chi connectivity index (χ1) is 10.5. The molecule has 1 heterocycles. The molecule has 0 saturated carbocycles. The third-order valence-corrected chi connectivity index (χ3v) is 3.68. The van der Waals surface area contributed by atoms with Crippen LogP contribution in [0.5, 0.6) is 0 Å². The van der Waals surface area contributed by atoms with E-state index in [0.29, 0.717) is 22.3 Å². The lowest BCUT2D eigenvalue weighted by molar-refractivity contribution is 0.0961. The molecule has 4 nitrogen and oxygen atoms in total. The number of aryl methyl sites for hydroxylation is 2. The molecule has 3 rings (SSSR count). The van der Waals surface area contributed by atoms with E-state index in [2.05, 4.69) is 0 Å². The van der Waals surface area contributed by atoms with Gasteiger partial charge in [0.2, 0.25) is 0 Å². The van der Waals surface area contributed by atoms with Gasteiger partial charge < -0.3 is 5.73 Å². The summed E-state index contributed by atoms with van der Waals surface area (Å²) in [5.74, 6) is -0.340. The van der Waals surface area contributed by atoms with Crippen LogP contribution < -0.4 is 11.3 Å². The van der Waals surface area contributed by atoms with Crippen molar-refractivity contribution in [2.24, 2.45) is 0 Å². The lowest BCUT2D eigenvalue weighted by Gasteiger charge is -2.11. The fourth-order valence-electron chi connectivity index (χ4n) is 2.57. The van der Waals surface area contributed by atoms with Crippen LogP contribution in [0.1, 0.15) is 21.5 Å². The smallest absolute Gasteiger partial charge is 0.265 e. The third kappa shape index (κ3) is 2.29. The zero-order chi connectivity index (χ0) is 15.9. The number of hydrogen-bond donors (Lipinski definition) is 1. The number of pyridine rings is 1. The van der Waals surface area contributed by atoms with Gasteiger partial charge in [-0.25, -0.2) is 4.57 Å². The number of carbonyl (C=O) groups is 1. The first-order valence-corrected chi connectivity index (χ1v) is 7.00. The second-order valence-electron chi connectivity index (χ2n) is 5.46. The lowest BCUT2D eigenvalue weighted by atomic mass is 10.1. The number of carbonyl (C=O) groups excluding carboxylic acids is 1. The molecule has 2 aromatic carbocycles. The number of nitrogens with zero attached hydrogens (tertiary/aromatic N) is 1. The van der Waals surface area contributed by atoms with Gasteiger partial charge in [0.25, 0.3) is 11.5 Å². The summed E-state index contributed by atoms with van der Waals surface area (Å²) < 4.78 is 1.20. The molecule has 0 amide bonds. The van der Waals surface area contributed by atoms with Crippen molar-refractivity contribution in [3.8, 4) is 0 Å². The molecule has 0 unspecified atom stereocenters. The van der Waals surface area contributed by atoms with Gasteiger partial charge in [0.15, 0.2) is 0 Å². The average Bonchev–Trinajstić information content (AvgIpc) is 2.49. The second-order valence-corrected chi connectivity index (χ2v) is 5.46. The highest BCUT2D eigenvalue weighted by molar-refractivity contribution is 6.02. The van der Waals surface area contributed by atoms with Crippen LogP contribution in [-0.4, -0.2) is 10.5 Å². The van der Waals surface area contributed by atoms with Gasteiger partial charge in [-0.15, -0.1) is 0 Å². The summed E-state index contributed by atoms with van der Waals surface area (Å²) in [5, 5.41) is 0.812. The molecule has 0 atom stereocenters. The zero-order valence-corrected chi connectivity index (χ0v) is 12.5. The van der Waals surface area contributed by atoms with Crippen LogP contribution in [0.4, 0.5) is 5.69 Å². The van der Waals surface area contributed by atoms with Crippen molar-refractivity contribution >= 4 is 22.5 Å². The molecule has 0 aliphatic carbocycles. The van der Waals surface area contributed by atoms with Gasteiger partial charge in [-0.3, -0.25) is 9.59 Å². The van der Waals surface area contributed by atoms with Crippen molar-refractivity contribution in [2.75, 3.05) is 5.73 Å². The minimum absolute atomic E-state index is 0.315. The van der Waals surface area contributed by atoms with Crippen molar-refractivity contribution in [2.45, 2.75) is 13.8 Å². The minimum Gasteiger partial charge on any atom is -0.399 e. The van der Waals surface area contributed by atoms with Crippen molar-refractivity contribution in [3.63, 3.8) is 0 Å². The quantitative estimate of drug-likeness (QED) is 0.701. The van der Waals surface area contributed by atoms with E-state index in [1.165, 1.54) is 4.57 Å². The molecule has 3 aromatic rings. The van der Waals surface area contributed by atoms with E-state index in [0.717, 1.165) is 10.9 Å². The molecule has 0 bridgehead atoms. The maximum absolute atomic E-state index is 12.8. The Morgan fingerprint density at radius 3 is 2.55 bits per heavy atom. The topological polar surface area (TPSA) is 65.1 Å². The van der Waals surface area contributed by atoms with Gasteiger partial charge in [0, 0.05) is 16.8 Å². The number of aromatic nitrogens is 1. The largest absolute Gasteiger partial charge is 0.399 e. The number of hydrogen-bond acceptors (Lipinski definition) is 3. The Bertz CT molecular complexity index is 955. The van der Waals surface area contributed by atoms with E-state index in [1.54, 1.807) is 43.3 Å². The van der Waals surface area contributed by atoms with Crippen LogP contribution in [0.25, 0.3) is 10.9 Å². The van der Waals surface area contributed by atoms with Crippen LogP contribution in [0.2, 0.25) is 0 Å². The number of rotatable bonds is 1. The summed E-state index contributed by atoms with van der Waals surface area (Å²) in [7, 11) is 0. The summed E-state index contributed by atoms with van der Waals surface area (Å²) in [6.07, 6.45) is 0. The maximum atomic E-state index is 12.8. The van der Waals surface area contributed by atoms with Crippen LogP contribution >= 0.6 is 0 Å². The van der Waals surface area contributed by atoms with Crippen LogP contribution in [0.15, 0.2) is 53.3 Å². The molecular weight excluding hydrogens is 276 g/mol. The maximum Gasteiger partial charge on any atom is 0.265 e. The molecular formula is C18H16N2O2. The van der Waals surface area contributed by atoms with E-state index in [4.69, 9.17) is 5.73 Å². The SMILES string of the molecule is Cc1cccc(C(=O)n2c(=O)c(C)cc3ccc(N)cc32)c1. The number of nitrogen functional groups attached to an aromatic ring is 1. The van der Waals surface area contributed by atoms with Crippen molar-refractivity contribution < 1.29 is 4.79 Å². The summed E-state index contributed by atoms with van der Waals surface area (Å²) >= 11 is 0. The van der Waals surface area contributed by atoms with Crippen LogP contribution in [0, 0.1) is 13.8 Å². The number of nitrogens with two attached hydrogens (primary N) is 1. The highest BCUT2D eigenvalue weighted by Gasteiger charge is 2.15. The molecule has 0 saturated heterocycles. The monoisotopic (exact) mass is 292 g/mol. The zero-order valence-electron chi connectivity index (χ0n) is 12.5. The molecule has 4 heteroatoms. The normalized spacial score (nSPS) is 10.8. The van der Waals surface area contributed by atoms with E-state index in [-0.39, 0.29) is 11.5 Å². The van der Waals surface area contributed by atoms with Crippen LogP contribution in [0.3, 0.4) is 0 Å². The Morgan fingerprint density at radius 2 is 1.82 bits per heavy atom. The molecule has 2 N–H and O–H groups in total. The highest BCUT2D eigenvalue weighted by atomic mass is 16.2. The Morgan fingerprint density at radius 1 is 1.05 bits per heavy atom. The summed E-state index contributed by atoms with van der Waals surface area (Å²) in [5.41, 5.74) is 8.52. The summed E-state index contributed by atoms with van der Waals surface area (Å²) in [6, 6.07) is 14.2. The third-order valence-electron chi connectivity index (χ3n) is 3.68. The molecule has 110 valence electrons. The molecule has 0 aliphatic rings. The minimum atomic E-state index is -0.340. The average molecular weight is 292 g/mol. The van der Waals surface area contributed by atoms with Gasteiger partial charge >= 0.3 is 0 Å². The molecule has 0 aliphatic heterocycles. The number of benzene rings is 2. The molecule has 1 aromatic heterocycles. The number of fused-ring (bicyclic) bond motifs is 1. The van der Waals surface area contributed by atoms with E-state index in [9.17, 15) is 9.59 Å². The molecule has 22 heavy (non-hydrogen) atoms. The van der Waals surface area contributed by atoms with Crippen molar-refractivity contribution in [1.29, 1.82) is 0 Å². The summed E-state index contributed by atoms with van der Waals surface area (Å²) in [6.45, 7) is 3.62. The lowest BCUT2D eigenvalue weighted by Crippen LogP contribution is -2.29. The first-order valence-electron chi connectivity index (χ1n) is 7.00. The van der Waals surface area contributed by atoms with Gasteiger partial charge in [-0.1, -0.05) is 23.8 Å². The van der Waals surface area contributed by atoms with E-state index < -0.39 is 0 Å². The van der Waals surface area contributed by atoms with E-state index >= 15 is 0 Å². The molecule has 0 fully saturated rings. The van der Waals surface area contributed by atoms with Crippen molar-refractivity contribution in [3.05, 3.63) is 75.6 Å². The van der Waals surface area contributed by atoms with E-state index in [1.807, 2.05) is 19.1 Å².